The second-order valence-electron chi connectivity index (χ2n) is 9.25. The quantitative estimate of drug-likeness (QED) is 0.534. The number of Topliss-reactive ketones (excluding diaryl/α,β-unsaturated/α-hetero) is 1. The van der Waals surface area contributed by atoms with Crippen molar-refractivity contribution < 1.29 is 18.8 Å². The van der Waals surface area contributed by atoms with Crippen LogP contribution in [0.4, 0.5) is 4.39 Å². The summed E-state index contributed by atoms with van der Waals surface area (Å²) in [5.74, 6) is 0.766. The lowest BCUT2D eigenvalue weighted by atomic mass is 9.81. The number of benzene rings is 2. The van der Waals surface area contributed by atoms with E-state index in [0.717, 1.165) is 74.3 Å². The number of likely N-dealkylation sites (tertiary alicyclic amines) is 1. The Balaban J connectivity index is 1.16. The van der Waals surface area contributed by atoms with Crippen molar-refractivity contribution in [1.82, 2.24) is 10.1 Å². The van der Waals surface area contributed by atoms with Crippen molar-refractivity contribution >= 4 is 5.78 Å². The minimum atomic E-state index is -0.576. The number of aliphatic hydroxyl groups is 1. The van der Waals surface area contributed by atoms with E-state index >= 15 is 0 Å². The number of rotatable bonds is 6. The molecule has 2 aliphatic rings. The van der Waals surface area contributed by atoms with Crippen molar-refractivity contribution in [1.29, 1.82) is 0 Å². The van der Waals surface area contributed by atoms with Gasteiger partial charge < -0.3 is 14.5 Å². The number of carbonyl (C=O) groups excluding carboxylic acids is 1. The predicted octanol–water partition coefficient (Wildman–Crippen LogP) is 5.06. The van der Waals surface area contributed by atoms with E-state index in [4.69, 9.17) is 4.52 Å². The number of ketones is 1. The van der Waals surface area contributed by atoms with Gasteiger partial charge >= 0.3 is 0 Å². The Labute approximate surface area is 193 Å². The van der Waals surface area contributed by atoms with Crippen molar-refractivity contribution in [3.8, 4) is 11.3 Å². The van der Waals surface area contributed by atoms with Gasteiger partial charge in [0.05, 0.1) is 11.7 Å². The number of piperidine rings is 1. The molecule has 0 radical (unpaired) electrons. The molecule has 0 amide bonds. The molecule has 1 aliphatic heterocycles. The van der Waals surface area contributed by atoms with Crippen LogP contribution < -0.4 is 0 Å². The van der Waals surface area contributed by atoms with Crippen molar-refractivity contribution in [2.75, 3.05) is 19.6 Å². The van der Waals surface area contributed by atoms with Gasteiger partial charge in [0, 0.05) is 23.5 Å². The maximum Gasteiger partial charge on any atom is 0.166 e. The molecule has 1 N–H and O–H groups in total. The predicted molar refractivity (Wildman–Crippen MR) is 123 cm³/mol. The van der Waals surface area contributed by atoms with Crippen LogP contribution in [-0.4, -0.2) is 40.6 Å². The maximum absolute atomic E-state index is 13.1. The van der Waals surface area contributed by atoms with Gasteiger partial charge in [-0.2, -0.15) is 0 Å². The first-order valence-electron chi connectivity index (χ1n) is 11.8. The van der Waals surface area contributed by atoms with Gasteiger partial charge in [0.15, 0.2) is 5.78 Å². The van der Waals surface area contributed by atoms with E-state index < -0.39 is 6.10 Å². The summed E-state index contributed by atoms with van der Waals surface area (Å²) in [5, 5.41) is 15.4. The van der Waals surface area contributed by atoms with Crippen LogP contribution in [0.25, 0.3) is 11.3 Å². The van der Waals surface area contributed by atoms with Crippen LogP contribution in [0.3, 0.4) is 0 Å². The largest absolute Gasteiger partial charge is 0.388 e. The van der Waals surface area contributed by atoms with Crippen molar-refractivity contribution in [3.63, 3.8) is 0 Å². The van der Waals surface area contributed by atoms with Crippen LogP contribution in [-0.2, 0) is 6.42 Å². The van der Waals surface area contributed by atoms with Gasteiger partial charge in [-0.05, 0) is 75.5 Å². The summed E-state index contributed by atoms with van der Waals surface area (Å²) < 4.78 is 18.7. The third-order valence-electron chi connectivity index (χ3n) is 7.24. The minimum Gasteiger partial charge on any atom is -0.388 e. The average Bonchev–Trinajstić information content (AvgIpc) is 3.30. The van der Waals surface area contributed by atoms with Gasteiger partial charge in [0.1, 0.15) is 17.3 Å². The molecule has 0 spiro atoms. The van der Waals surface area contributed by atoms with Crippen LogP contribution in [0, 0.1) is 17.7 Å². The average molecular weight is 449 g/mol. The molecule has 1 aromatic heterocycles. The summed E-state index contributed by atoms with van der Waals surface area (Å²) in [4.78, 5) is 15.1. The van der Waals surface area contributed by atoms with E-state index in [1.54, 1.807) is 12.1 Å². The minimum absolute atomic E-state index is 0.0000226. The summed E-state index contributed by atoms with van der Waals surface area (Å²) in [5.41, 5.74) is 3.16. The molecular formula is C27H29FN2O3. The van der Waals surface area contributed by atoms with Gasteiger partial charge in [-0.3, -0.25) is 4.79 Å². The lowest BCUT2D eigenvalue weighted by molar-refractivity contribution is 0.0691. The topological polar surface area (TPSA) is 66.6 Å². The molecule has 0 bridgehead atoms. The Morgan fingerprint density at radius 2 is 1.79 bits per heavy atom. The third kappa shape index (κ3) is 4.63. The number of hydrogen-bond acceptors (Lipinski definition) is 5. The highest BCUT2D eigenvalue weighted by molar-refractivity contribution is 5.97. The fourth-order valence-corrected chi connectivity index (χ4v) is 5.25. The number of halogens is 1. The second kappa shape index (κ2) is 9.57. The Hall–Kier alpha value is -2.83. The zero-order valence-electron chi connectivity index (χ0n) is 18.6. The Morgan fingerprint density at radius 3 is 2.52 bits per heavy atom. The summed E-state index contributed by atoms with van der Waals surface area (Å²) >= 11 is 0. The molecule has 1 saturated heterocycles. The van der Waals surface area contributed by atoms with Crippen LogP contribution in [0.2, 0.25) is 0 Å². The van der Waals surface area contributed by atoms with Crippen molar-refractivity contribution in [2.45, 2.75) is 38.2 Å². The molecule has 1 aliphatic carbocycles. The summed E-state index contributed by atoms with van der Waals surface area (Å²) in [6, 6.07) is 15.7. The Morgan fingerprint density at radius 1 is 1.06 bits per heavy atom. The molecule has 172 valence electrons. The molecule has 5 rings (SSSR count). The first-order valence-corrected chi connectivity index (χ1v) is 11.8. The normalized spacial score (nSPS) is 21.6. The molecule has 2 atom stereocenters. The van der Waals surface area contributed by atoms with E-state index in [0.29, 0.717) is 5.56 Å². The molecule has 33 heavy (non-hydrogen) atoms. The number of aliphatic hydroxyl groups excluding tert-OH is 1. The van der Waals surface area contributed by atoms with E-state index in [9.17, 15) is 14.3 Å². The highest BCUT2D eigenvalue weighted by Crippen LogP contribution is 2.41. The SMILES string of the molecule is O=C(c1ccc(F)cc1)C1CCN(CCC2CCc3onc(-c4ccccc4)c3C2O)CC1. The molecule has 2 heterocycles. The third-order valence-corrected chi connectivity index (χ3v) is 7.24. The van der Waals surface area contributed by atoms with Gasteiger partial charge in [-0.15, -0.1) is 0 Å². The fraction of sp³-hybridized carbons (Fsp3) is 0.407. The molecule has 0 saturated carbocycles. The van der Waals surface area contributed by atoms with Gasteiger partial charge in [-0.1, -0.05) is 35.5 Å². The van der Waals surface area contributed by atoms with Gasteiger partial charge in [-0.25, -0.2) is 4.39 Å². The van der Waals surface area contributed by atoms with Gasteiger partial charge in [0.25, 0.3) is 0 Å². The zero-order valence-corrected chi connectivity index (χ0v) is 18.6. The fourth-order valence-electron chi connectivity index (χ4n) is 5.25. The monoisotopic (exact) mass is 448 g/mol. The van der Waals surface area contributed by atoms with E-state index in [-0.39, 0.29) is 23.4 Å². The first-order chi connectivity index (χ1) is 16.1. The molecule has 2 aromatic carbocycles. The Bertz CT molecular complexity index is 1090. The number of hydrogen-bond donors (Lipinski definition) is 1. The number of aromatic nitrogens is 1. The van der Waals surface area contributed by atoms with Crippen LogP contribution >= 0.6 is 0 Å². The maximum atomic E-state index is 13.1. The number of nitrogens with zero attached hydrogens (tertiary/aromatic N) is 2. The van der Waals surface area contributed by atoms with Gasteiger partial charge in [0.2, 0.25) is 0 Å². The number of fused-ring (bicyclic) bond motifs is 1. The zero-order chi connectivity index (χ0) is 22.8. The second-order valence-corrected chi connectivity index (χ2v) is 9.25. The highest BCUT2D eigenvalue weighted by Gasteiger charge is 2.35. The first kappa shape index (κ1) is 22.0. The summed E-state index contributed by atoms with van der Waals surface area (Å²) in [7, 11) is 0. The number of carbonyl (C=O) groups is 1. The molecule has 3 aromatic rings. The molecule has 2 unspecified atom stereocenters. The molecule has 6 heteroatoms. The molecular weight excluding hydrogens is 419 g/mol. The van der Waals surface area contributed by atoms with Crippen LogP contribution in [0.5, 0.6) is 0 Å². The van der Waals surface area contributed by atoms with E-state index in [1.807, 2.05) is 30.3 Å². The molecule has 1 fully saturated rings. The standard InChI is InChI=1S/C27H29FN2O3/c28-22-9-6-19(7-10-22)26(31)21-13-16-30(17-14-21)15-12-20-8-11-23-24(27(20)32)25(29-33-23)18-4-2-1-3-5-18/h1-7,9-10,20-21,27,32H,8,11-17H2. The van der Waals surface area contributed by atoms with E-state index in [1.165, 1.54) is 12.1 Å². The lowest BCUT2D eigenvalue weighted by Gasteiger charge is -2.34. The summed E-state index contributed by atoms with van der Waals surface area (Å²) in [6.45, 7) is 2.64. The molecule has 5 nitrogen and oxygen atoms in total. The van der Waals surface area contributed by atoms with Crippen LogP contribution in [0.15, 0.2) is 59.1 Å². The summed E-state index contributed by atoms with van der Waals surface area (Å²) in [6.07, 6.45) is 3.64. The Kier molecular flexibility index (Phi) is 6.38. The van der Waals surface area contributed by atoms with Crippen molar-refractivity contribution in [2.24, 2.45) is 11.8 Å². The smallest absolute Gasteiger partial charge is 0.166 e. The van der Waals surface area contributed by atoms with Crippen molar-refractivity contribution in [3.05, 3.63) is 77.3 Å². The number of aryl methyl sites for hydroxylation is 1. The highest BCUT2D eigenvalue weighted by atomic mass is 19.1. The van der Waals surface area contributed by atoms with Crippen LogP contribution in [0.1, 0.15) is 53.5 Å². The lowest BCUT2D eigenvalue weighted by Crippen LogP contribution is -2.38. The van der Waals surface area contributed by atoms with E-state index in [2.05, 4.69) is 10.1 Å².